The summed E-state index contributed by atoms with van der Waals surface area (Å²) in [6.45, 7) is 0. The van der Waals surface area contributed by atoms with E-state index in [1.165, 1.54) is 85.2 Å². The standard InChI is InChI=1S/C60H45BN2O/c61-60(38-18-19-39-60)47-36-37-50-58(64-59-62-48-30-16-17-31-49(48)63(50)59)51(47)45-32-34-46(35-33-45)57-55(43-26-12-4-13-27-43)53(41-22-8-2-9-23-41)52(40-20-6-1-7-21-40)54(42-24-10-3-11-25-42)56(57)44-28-14-5-15-29-44/h1-17,20-37H,18-19,38-39,61H2. The van der Waals surface area contributed by atoms with Crippen LogP contribution in [0.25, 0.3) is 106 Å². The van der Waals surface area contributed by atoms with Gasteiger partial charge in [-0.25, -0.2) is 0 Å². The second kappa shape index (κ2) is 15.6. The van der Waals surface area contributed by atoms with Crippen LogP contribution in [0, 0.1) is 0 Å². The lowest BCUT2D eigenvalue weighted by atomic mass is 9.61. The quantitative estimate of drug-likeness (QED) is 0.143. The second-order valence-electron chi connectivity index (χ2n) is 17.6. The lowest BCUT2D eigenvalue weighted by molar-refractivity contribution is 0.626. The van der Waals surface area contributed by atoms with Gasteiger partial charge in [-0.05, 0) is 101 Å². The highest BCUT2D eigenvalue weighted by molar-refractivity contribution is 6.18. The molecule has 2 aromatic heterocycles. The Bertz CT molecular complexity index is 3360. The number of aromatic nitrogens is 2. The van der Waals surface area contributed by atoms with Gasteiger partial charge in [0.05, 0.1) is 16.6 Å². The normalized spacial score (nSPS) is 13.6. The average molecular weight is 821 g/mol. The van der Waals surface area contributed by atoms with E-state index < -0.39 is 0 Å². The van der Waals surface area contributed by atoms with Crippen molar-refractivity contribution in [1.82, 2.24) is 9.38 Å². The number of hydrogen-bond donors (Lipinski definition) is 0. The molecule has 11 aromatic rings. The number of rotatable bonds is 8. The maximum Gasteiger partial charge on any atom is 0.307 e. The van der Waals surface area contributed by atoms with Crippen molar-refractivity contribution in [3.05, 3.63) is 218 Å². The molecule has 64 heavy (non-hydrogen) atoms. The zero-order valence-corrected chi connectivity index (χ0v) is 35.8. The molecule has 0 atom stereocenters. The van der Waals surface area contributed by atoms with Crippen LogP contribution in [-0.2, 0) is 5.31 Å². The molecule has 1 saturated carbocycles. The third kappa shape index (κ3) is 6.24. The molecule has 0 N–H and O–H groups in total. The molecule has 0 unspecified atom stereocenters. The largest absolute Gasteiger partial charge is 0.422 e. The first-order chi connectivity index (χ1) is 31.6. The molecule has 1 aliphatic carbocycles. The minimum atomic E-state index is 0.0442. The van der Waals surface area contributed by atoms with Gasteiger partial charge in [0.1, 0.15) is 7.85 Å². The van der Waals surface area contributed by atoms with Crippen molar-refractivity contribution in [3.8, 4) is 77.9 Å². The minimum absolute atomic E-state index is 0.0442. The Kier molecular flexibility index (Phi) is 9.26. The van der Waals surface area contributed by atoms with Gasteiger partial charge in [-0.1, -0.05) is 220 Å². The van der Waals surface area contributed by atoms with Crippen LogP contribution in [0.2, 0.25) is 0 Å². The van der Waals surface area contributed by atoms with Gasteiger partial charge in [-0.3, -0.25) is 4.40 Å². The van der Waals surface area contributed by atoms with Gasteiger partial charge in [-0.2, -0.15) is 4.98 Å². The van der Waals surface area contributed by atoms with E-state index in [-0.39, 0.29) is 5.31 Å². The summed E-state index contributed by atoms with van der Waals surface area (Å²) >= 11 is 0. The fourth-order valence-corrected chi connectivity index (χ4v) is 10.8. The maximum absolute atomic E-state index is 6.87. The van der Waals surface area contributed by atoms with E-state index in [4.69, 9.17) is 9.40 Å². The average Bonchev–Trinajstić information content (AvgIpc) is 4.08. The number of benzene rings is 9. The molecule has 304 valence electrons. The highest BCUT2D eigenvalue weighted by atomic mass is 16.4. The Balaban J connectivity index is 1.20. The molecule has 0 radical (unpaired) electrons. The molecular weight excluding hydrogens is 775 g/mol. The lowest BCUT2D eigenvalue weighted by Crippen LogP contribution is -2.23. The van der Waals surface area contributed by atoms with E-state index >= 15 is 0 Å². The summed E-state index contributed by atoms with van der Waals surface area (Å²) < 4.78 is 9.06. The van der Waals surface area contributed by atoms with E-state index in [0.29, 0.717) is 5.84 Å². The third-order valence-corrected chi connectivity index (χ3v) is 13.7. The maximum atomic E-state index is 6.87. The second-order valence-corrected chi connectivity index (χ2v) is 17.6. The number of para-hydroxylation sites is 2. The Labute approximate surface area is 374 Å². The predicted molar refractivity (Wildman–Crippen MR) is 269 cm³/mol. The topological polar surface area (TPSA) is 30.4 Å². The SMILES string of the molecule is BC1(c2ccc3c(oc4nc5ccccc5n43)c2-c2ccc(-c3c(-c4ccccc4)c(-c4ccccc4)c(-c4ccccc4)c(-c4ccccc4)c3-c3ccccc3)cc2)CCCC1. The molecule has 12 rings (SSSR count). The van der Waals surface area contributed by atoms with Crippen LogP contribution in [0.3, 0.4) is 0 Å². The van der Waals surface area contributed by atoms with E-state index in [1.54, 1.807) is 0 Å². The van der Waals surface area contributed by atoms with Gasteiger partial charge in [0.15, 0.2) is 5.58 Å². The molecule has 1 fully saturated rings. The summed E-state index contributed by atoms with van der Waals surface area (Å²) in [6, 6.07) is 77.3. The summed E-state index contributed by atoms with van der Waals surface area (Å²) in [5.74, 6) is 0.628. The molecule has 0 amide bonds. The molecule has 2 heterocycles. The van der Waals surface area contributed by atoms with Crippen LogP contribution in [0.15, 0.2) is 217 Å². The molecule has 0 aliphatic heterocycles. The Morgan fingerprint density at radius 2 is 0.734 bits per heavy atom. The van der Waals surface area contributed by atoms with Gasteiger partial charge in [0.2, 0.25) is 0 Å². The van der Waals surface area contributed by atoms with Crippen LogP contribution in [0.4, 0.5) is 0 Å². The van der Waals surface area contributed by atoms with Gasteiger partial charge in [-0.15, -0.1) is 0 Å². The van der Waals surface area contributed by atoms with Gasteiger partial charge < -0.3 is 4.42 Å². The van der Waals surface area contributed by atoms with E-state index in [1.807, 2.05) is 6.07 Å². The molecule has 0 spiro atoms. The molecule has 4 heteroatoms. The monoisotopic (exact) mass is 820 g/mol. The van der Waals surface area contributed by atoms with Crippen molar-refractivity contribution in [2.75, 3.05) is 0 Å². The molecule has 3 nitrogen and oxygen atoms in total. The molecule has 9 aromatic carbocycles. The first-order valence-corrected chi connectivity index (χ1v) is 22.6. The van der Waals surface area contributed by atoms with Crippen molar-refractivity contribution < 1.29 is 4.42 Å². The van der Waals surface area contributed by atoms with Crippen LogP contribution in [0.1, 0.15) is 31.2 Å². The first kappa shape index (κ1) is 38.0. The zero-order valence-electron chi connectivity index (χ0n) is 35.8. The minimum Gasteiger partial charge on any atom is -0.422 e. The third-order valence-electron chi connectivity index (χ3n) is 13.7. The van der Waals surface area contributed by atoms with Crippen molar-refractivity contribution in [2.45, 2.75) is 31.0 Å². The lowest BCUT2D eigenvalue weighted by Gasteiger charge is -2.29. The first-order valence-electron chi connectivity index (χ1n) is 22.6. The van der Waals surface area contributed by atoms with Crippen LogP contribution < -0.4 is 0 Å². The van der Waals surface area contributed by atoms with Crippen molar-refractivity contribution in [1.29, 1.82) is 0 Å². The summed E-state index contributed by atoms with van der Waals surface area (Å²) in [4.78, 5) is 4.95. The molecular formula is C60H45BN2O. The van der Waals surface area contributed by atoms with Gasteiger partial charge in [0.25, 0.3) is 0 Å². The summed E-state index contributed by atoms with van der Waals surface area (Å²) in [7, 11) is 2.45. The van der Waals surface area contributed by atoms with E-state index in [9.17, 15) is 0 Å². The number of hydrogen-bond acceptors (Lipinski definition) is 2. The molecule has 0 saturated heterocycles. The van der Waals surface area contributed by atoms with Crippen LogP contribution in [-0.4, -0.2) is 17.2 Å². The van der Waals surface area contributed by atoms with Crippen LogP contribution in [0.5, 0.6) is 0 Å². The Morgan fingerprint density at radius 1 is 0.375 bits per heavy atom. The number of imidazole rings is 1. The fourth-order valence-electron chi connectivity index (χ4n) is 10.8. The molecule has 0 bridgehead atoms. The van der Waals surface area contributed by atoms with E-state index in [2.05, 4.69) is 219 Å². The van der Waals surface area contributed by atoms with Crippen molar-refractivity contribution in [3.63, 3.8) is 0 Å². The number of oxazole rings is 1. The van der Waals surface area contributed by atoms with Gasteiger partial charge >= 0.3 is 5.84 Å². The van der Waals surface area contributed by atoms with Crippen LogP contribution >= 0.6 is 0 Å². The summed E-state index contributed by atoms with van der Waals surface area (Å²) in [6.07, 6.45) is 4.78. The zero-order chi connectivity index (χ0) is 42.6. The predicted octanol–water partition coefficient (Wildman–Crippen LogP) is 15.3. The molecule has 1 aliphatic rings. The number of nitrogens with zero attached hydrogens (tertiary/aromatic N) is 2. The Morgan fingerprint density at radius 3 is 1.16 bits per heavy atom. The van der Waals surface area contributed by atoms with Gasteiger partial charge in [0, 0.05) is 5.56 Å². The smallest absolute Gasteiger partial charge is 0.307 e. The van der Waals surface area contributed by atoms with E-state index in [0.717, 1.165) is 46.1 Å². The van der Waals surface area contributed by atoms with Crippen molar-refractivity contribution >= 4 is 35.8 Å². The number of fused-ring (bicyclic) bond motifs is 5. The summed E-state index contributed by atoms with van der Waals surface area (Å²) in [5.41, 5.74) is 21.9. The fraction of sp³-hybridized carbons (Fsp3) is 0.0833. The summed E-state index contributed by atoms with van der Waals surface area (Å²) in [5, 5.41) is 0.0442. The van der Waals surface area contributed by atoms with Crippen molar-refractivity contribution in [2.24, 2.45) is 0 Å². The highest BCUT2D eigenvalue weighted by Gasteiger charge is 2.35. The highest BCUT2D eigenvalue weighted by Crippen LogP contribution is 2.56. The Hall–Kier alpha value is -7.69.